The Kier molecular flexibility index (Phi) is 5.99. The lowest BCUT2D eigenvalue weighted by atomic mass is 10.0. The van der Waals surface area contributed by atoms with Crippen LogP contribution in [0.3, 0.4) is 0 Å². The van der Waals surface area contributed by atoms with Crippen molar-refractivity contribution in [1.29, 1.82) is 0 Å². The van der Waals surface area contributed by atoms with E-state index in [1.807, 2.05) is 36.4 Å². The number of ether oxygens (including phenoxy) is 1. The fourth-order valence-electron chi connectivity index (χ4n) is 2.31. The van der Waals surface area contributed by atoms with Gasteiger partial charge < -0.3 is 15.4 Å². The number of nitrogens with two attached hydrogens (primary N) is 1. The van der Waals surface area contributed by atoms with Crippen LogP contribution in [0.4, 0.5) is 0 Å². The molecule has 0 bridgehead atoms. The molecule has 124 valence electrons. The van der Waals surface area contributed by atoms with Crippen molar-refractivity contribution < 1.29 is 9.53 Å². The minimum Gasteiger partial charge on any atom is -0.484 e. The number of likely N-dealkylation sites (N-methyl/N-ethyl adjacent to an activating group) is 1. The van der Waals surface area contributed by atoms with Crippen LogP contribution in [-0.4, -0.2) is 37.0 Å². The van der Waals surface area contributed by atoms with Crippen LogP contribution in [0, 0.1) is 5.92 Å². The van der Waals surface area contributed by atoms with Crippen molar-refractivity contribution >= 4 is 16.7 Å². The lowest BCUT2D eigenvalue weighted by molar-refractivity contribution is -0.132. The number of fused-ring (bicyclic) bond motifs is 1. The monoisotopic (exact) mass is 314 g/mol. The molecule has 0 aliphatic rings. The molecule has 1 amide bonds. The topological polar surface area (TPSA) is 55.6 Å². The average molecular weight is 314 g/mol. The SMILES string of the molecule is CC(C)C(N)CCN(C)C(=O)COc1ccc2ccccc2c1. The van der Waals surface area contributed by atoms with Crippen LogP contribution in [0.5, 0.6) is 5.75 Å². The maximum atomic E-state index is 12.1. The lowest BCUT2D eigenvalue weighted by Crippen LogP contribution is -2.36. The van der Waals surface area contributed by atoms with E-state index in [4.69, 9.17) is 10.5 Å². The van der Waals surface area contributed by atoms with Crippen LogP contribution >= 0.6 is 0 Å². The minimum atomic E-state index is -0.0332. The number of benzene rings is 2. The zero-order valence-corrected chi connectivity index (χ0v) is 14.2. The van der Waals surface area contributed by atoms with Gasteiger partial charge in [-0.2, -0.15) is 0 Å². The maximum absolute atomic E-state index is 12.1. The second kappa shape index (κ2) is 7.97. The summed E-state index contributed by atoms with van der Waals surface area (Å²) in [4.78, 5) is 13.8. The van der Waals surface area contributed by atoms with Crippen LogP contribution in [-0.2, 0) is 4.79 Å². The number of carbonyl (C=O) groups excluding carboxylic acids is 1. The summed E-state index contributed by atoms with van der Waals surface area (Å²) < 4.78 is 5.63. The molecule has 0 radical (unpaired) electrons. The van der Waals surface area contributed by atoms with E-state index in [-0.39, 0.29) is 18.6 Å². The highest BCUT2D eigenvalue weighted by molar-refractivity contribution is 5.84. The molecule has 4 nitrogen and oxygen atoms in total. The summed E-state index contributed by atoms with van der Waals surface area (Å²) in [7, 11) is 1.79. The Hall–Kier alpha value is -2.07. The Morgan fingerprint density at radius 1 is 1.17 bits per heavy atom. The largest absolute Gasteiger partial charge is 0.484 e. The zero-order chi connectivity index (χ0) is 16.8. The maximum Gasteiger partial charge on any atom is 0.260 e. The van der Waals surface area contributed by atoms with Gasteiger partial charge in [0.2, 0.25) is 0 Å². The second-order valence-electron chi connectivity index (χ2n) is 6.31. The van der Waals surface area contributed by atoms with E-state index < -0.39 is 0 Å². The molecule has 0 saturated heterocycles. The first-order valence-electron chi connectivity index (χ1n) is 8.08. The molecule has 0 spiro atoms. The van der Waals surface area contributed by atoms with Crippen LogP contribution in [0.15, 0.2) is 42.5 Å². The lowest BCUT2D eigenvalue weighted by Gasteiger charge is -2.21. The van der Waals surface area contributed by atoms with Gasteiger partial charge in [0.25, 0.3) is 5.91 Å². The van der Waals surface area contributed by atoms with Crippen molar-refractivity contribution in [2.45, 2.75) is 26.3 Å². The molecule has 23 heavy (non-hydrogen) atoms. The summed E-state index contributed by atoms with van der Waals surface area (Å²) in [5, 5.41) is 2.26. The Bertz CT molecular complexity index is 655. The third kappa shape index (κ3) is 4.96. The number of carbonyl (C=O) groups is 1. The van der Waals surface area contributed by atoms with E-state index in [2.05, 4.69) is 19.9 Å². The van der Waals surface area contributed by atoms with Crippen molar-refractivity contribution in [3.05, 3.63) is 42.5 Å². The molecule has 4 heteroatoms. The summed E-state index contributed by atoms with van der Waals surface area (Å²) >= 11 is 0. The molecule has 0 saturated carbocycles. The molecule has 0 aromatic heterocycles. The predicted molar refractivity (Wildman–Crippen MR) is 94.5 cm³/mol. The van der Waals surface area contributed by atoms with Gasteiger partial charge in [0.1, 0.15) is 5.75 Å². The first-order chi connectivity index (χ1) is 11.0. The van der Waals surface area contributed by atoms with E-state index in [9.17, 15) is 4.79 Å². The van der Waals surface area contributed by atoms with E-state index in [1.165, 1.54) is 0 Å². The molecule has 0 fully saturated rings. The molecule has 1 atom stereocenters. The molecule has 0 heterocycles. The average Bonchev–Trinajstić information content (AvgIpc) is 2.56. The minimum absolute atomic E-state index is 0.0332. The summed E-state index contributed by atoms with van der Waals surface area (Å²) in [6.07, 6.45) is 0.801. The second-order valence-corrected chi connectivity index (χ2v) is 6.31. The van der Waals surface area contributed by atoms with Gasteiger partial charge in [0.05, 0.1) is 0 Å². The Balaban J connectivity index is 1.85. The first kappa shape index (κ1) is 17.3. The highest BCUT2D eigenvalue weighted by Crippen LogP contribution is 2.20. The quantitative estimate of drug-likeness (QED) is 0.854. The number of hydrogen-bond donors (Lipinski definition) is 1. The van der Waals surface area contributed by atoms with E-state index in [0.29, 0.717) is 18.2 Å². The van der Waals surface area contributed by atoms with Crippen LogP contribution in [0.25, 0.3) is 10.8 Å². The van der Waals surface area contributed by atoms with Crippen molar-refractivity contribution in [2.24, 2.45) is 11.7 Å². The standard InChI is InChI=1S/C19H26N2O2/c1-14(2)18(20)10-11-21(3)19(22)13-23-17-9-8-15-6-4-5-7-16(15)12-17/h4-9,12,14,18H,10-11,13,20H2,1-3H3. The van der Waals surface area contributed by atoms with E-state index in [0.717, 1.165) is 17.2 Å². The molecule has 0 aliphatic carbocycles. The predicted octanol–water partition coefficient (Wildman–Crippen LogP) is 3.05. The van der Waals surface area contributed by atoms with Gasteiger partial charge in [-0.15, -0.1) is 0 Å². The molecule has 0 aliphatic heterocycles. The zero-order valence-electron chi connectivity index (χ0n) is 14.2. The number of hydrogen-bond acceptors (Lipinski definition) is 3. The number of amides is 1. The number of nitrogens with zero attached hydrogens (tertiary/aromatic N) is 1. The summed E-state index contributed by atoms with van der Waals surface area (Å²) in [6.45, 7) is 4.88. The highest BCUT2D eigenvalue weighted by atomic mass is 16.5. The molecular formula is C19H26N2O2. The van der Waals surface area contributed by atoms with Gasteiger partial charge in [-0.05, 0) is 35.2 Å². The van der Waals surface area contributed by atoms with E-state index >= 15 is 0 Å². The fourth-order valence-corrected chi connectivity index (χ4v) is 2.31. The Morgan fingerprint density at radius 2 is 1.87 bits per heavy atom. The Morgan fingerprint density at radius 3 is 2.57 bits per heavy atom. The van der Waals surface area contributed by atoms with Crippen molar-refractivity contribution in [3.8, 4) is 5.75 Å². The van der Waals surface area contributed by atoms with Crippen LogP contribution in [0.1, 0.15) is 20.3 Å². The normalized spacial score (nSPS) is 12.4. The third-order valence-corrected chi connectivity index (χ3v) is 4.16. The van der Waals surface area contributed by atoms with Crippen molar-refractivity contribution in [2.75, 3.05) is 20.2 Å². The van der Waals surface area contributed by atoms with Crippen molar-refractivity contribution in [3.63, 3.8) is 0 Å². The molecule has 2 N–H and O–H groups in total. The van der Waals surface area contributed by atoms with Crippen LogP contribution < -0.4 is 10.5 Å². The summed E-state index contributed by atoms with van der Waals surface area (Å²) in [5.41, 5.74) is 6.01. The summed E-state index contributed by atoms with van der Waals surface area (Å²) in [5.74, 6) is 1.10. The van der Waals surface area contributed by atoms with E-state index in [1.54, 1.807) is 11.9 Å². The molecular weight excluding hydrogens is 288 g/mol. The molecule has 2 rings (SSSR count). The number of rotatable bonds is 7. The Labute approximate surface area is 138 Å². The smallest absolute Gasteiger partial charge is 0.260 e. The highest BCUT2D eigenvalue weighted by Gasteiger charge is 2.13. The van der Waals surface area contributed by atoms with Gasteiger partial charge in [0, 0.05) is 19.6 Å². The van der Waals surface area contributed by atoms with Gasteiger partial charge in [0.15, 0.2) is 6.61 Å². The summed E-state index contributed by atoms with van der Waals surface area (Å²) in [6, 6.07) is 14.0. The third-order valence-electron chi connectivity index (χ3n) is 4.16. The van der Waals surface area contributed by atoms with Crippen LogP contribution in [0.2, 0.25) is 0 Å². The van der Waals surface area contributed by atoms with Gasteiger partial charge in [-0.1, -0.05) is 44.2 Å². The molecule has 1 unspecified atom stereocenters. The molecule has 2 aromatic carbocycles. The van der Waals surface area contributed by atoms with Gasteiger partial charge in [-0.25, -0.2) is 0 Å². The van der Waals surface area contributed by atoms with Gasteiger partial charge >= 0.3 is 0 Å². The fraction of sp³-hybridized carbons (Fsp3) is 0.421. The van der Waals surface area contributed by atoms with Gasteiger partial charge in [-0.3, -0.25) is 4.79 Å². The molecule has 2 aromatic rings. The first-order valence-corrected chi connectivity index (χ1v) is 8.08. The van der Waals surface area contributed by atoms with Crippen molar-refractivity contribution in [1.82, 2.24) is 4.90 Å².